The summed E-state index contributed by atoms with van der Waals surface area (Å²) in [5.74, 6) is 1.77. The third kappa shape index (κ3) is 7.59. The number of aromatic nitrogens is 2. The zero-order valence-corrected chi connectivity index (χ0v) is 19.4. The lowest BCUT2D eigenvalue weighted by molar-refractivity contribution is 0.249. The number of hydrogen-bond acceptors (Lipinski definition) is 3. The van der Waals surface area contributed by atoms with Crippen molar-refractivity contribution in [2.75, 3.05) is 6.61 Å². The second kappa shape index (κ2) is 12.8. The Kier molecular flexibility index (Phi) is 9.77. The zero-order chi connectivity index (χ0) is 21.9. The van der Waals surface area contributed by atoms with E-state index in [-0.39, 0.29) is 5.82 Å². The zero-order valence-electron chi connectivity index (χ0n) is 19.4. The molecule has 31 heavy (non-hydrogen) atoms. The van der Waals surface area contributed by atoms with Gasteiger partial charge in [0.2, 0.25) is 0 Å². The first-order chi connectivity index (χ1) is 15.2. The van der Waals surface area contributed by atoms with Crippen LogP contribution in [0, 0.1) is 17.7 Å². The number of halogens is 1. The van der Waals surface area contributed by atoms with Gasteiger partial charge < -0.3 is 4.74 Å². The van der Waals surface area contributed by atoms with Gasteiger partial charge in [0.05, 0.1) is 18.0 Å². The van der Waals surface area contributed by atoms with E-state index in [0.29, 0.717) is 18.1 Å². The summed E-state index contributed by atoms with van der Waals surface area (Å²) >= 11 is 0. The van der Waals surface area contributed by atoms with Crippen LogP contribution < -0.4 is 4.74 Å². The van der Waals surface area contributed by atoms with Gasteiger partial charge in [0, 0.05) is 5.56 Å². The highest BCUT2D eigenvalue weighted by molar-refractivity contribution is 5.59. The molecule has 0 radical (unpaired) electrons. The van der Waals surface area contributed by atoms with Crippen molar-refractivity contribution in [1.29, 1.82) is 0 Å². The lowest BCUT2D eigenvalue weighted by Crippen LogP contribution is -2.15. The lowest BCUT2D eigenvalue weighted by Gasteiger charge is -2.28. The van der Waals surface area contributed by atoms with Crippen molar-refractivity contribution < 1.29 is 9.13 Å². The molecule has 0 atom stereocenters. The molecule has 4 heteroatoms. The third-order valence-corrected chi connectivity index (χ3v) is 6.69. The molecule has 0 unspecified atom stereocenters. The van der Waals surface area contributed by atoms with Crippen molar-refractivity contribution in [2.24, 2.45) is 11.8 Å². The Bertz CT molecular complexity index is 769. The van der Waals surface area contributed by atoms with Gasteiger partial charge >= 0.3 is 0 Å². The first kappa shape index (κ1) is 23.7. The van der Waals surface area contributed by atoms with Gasteiger partial charge in [-0.15, -0.1) is 0 Å². The summed E-state index contributed by atoms with van der Waals surface area (Å²) in [4.78, 5) is 0. The van der Waals surface area contributed by atoms with Crippen LogP contribution in [-0.4, -0.2) is 16.8 Å². The monoisotopic (exact) mass is 426 g/mol. The molecule has 0 spiro atoms. The Morgan fingerprint density at radius 2 is 1.61 bits per heavy atom. The van der Waals surface area contributed by atoms with Crippen molar-refractivity contribution in [3.8, 4) is 17.0 Å². The Morgan fingerprint density at radius 3 is 2.26 bits per heavy atom. The summed E-state index contributed by atoms with van der Waals surface area (Å²) in [5.41, 5.74) is 2.48. The van der Waals surface area contributed by atoms with Crippen LogP contribution in [0.5, 0.6) is 5.75 Å². The van der Waals surface area contributed by atoms with Crippen LogP contribution in [0.25, 0.3) is 11.3 Å². The largest absolute Gasteiger partial charge is 0.491 e. The molecule has 1 aliphatic carbocycles. The quantitative estimate of drug-likeness (QED) is 0.325. The van der Waals surface area contributed by atoms with Gasteiger partial charge in [-0.2, -0.15) is 10.2 Å². The van der Waals surface area contributed by atoms with E-state index in [1.54, 1.807) is 6.07 Å². The minimum atomic E-state index is -0.339. The van der Waals surface area contributed by atoms with Gasteiger partial charge in [0.15, 0.2) is 11.6 Å². The number of nitrogens with zero attached hydrogens (tertiary/aromatic N) is 2. The first-order valence-electron chi connectivity index (χ1n) is 12.4. The van der Waals surface area contributed by atoms with Crippen LogP contribution in [0.15, 0.2) is 30.3 Å². The Hall–Kier alpha value is -1.97. The maximum atomic E-state index is 14.4. The lowest BCUT2D eigenvalue weighted by atomic mass is 9.78. The van der Waals surface area contributed by atoms with Crippen molar-refractivity contribution in [2.45, 2.75) is 90.9 Å². The molecule has 0 saturated heterocycles. The minimum absolute atomic E-state index is 0.314. The molecule has 1 aromatic carbocycles. The van der Waals surface area contributed by atoms with Crippen LogP contribution in [0.4, 0.5) is 4.39 Å². The van der Waals surface area contributed by atoms with Gasteiger partial charge in [-0.3, -0.25) is 0 Å². The predicted molar refractivity (Wildman–Crippen MR) is 126 cm³/mol. The highest BCUT2D eigenvalue weighted by atomic mass is 19.1. The number of hydrogen-bond donors (Lipinski definition) is 0. The molecule has 2 aromatic rings. The summed E-state index contributed by atoms with van der Waals surface area (Å²) in [6.07, 6.45) is 15.0. The fraction of sp³-hybridized carbons (Fsp3) is 0.630. The average molecular weight is 427 g/mol. The molecule has 1 saturated carbocycles. The molecule has 0 N–H and O–H groups in total. The number of aryl methyl sites for hydroxylation is 1. The van der Waals surface area contributed by atoms with E-state index < -0.39 is 0 Å². The van der Waals surface area contributed by atoms with Crippen molar-refractivity contribution in [1.82, 2.24) is 10.2 Å². The summed E-state index contributed by atoms with van der Waals surface area (Å²) in [5, 5.41) is 8.77. The van der Waals surface area contributed by atoms with Gasteiger partial charge in [-0.1, -0.05) is 71.6 Å². The number of unbranched alkanes of at least 4 members (excludes halogenated alkanes) is 3. The molecule has 170 valence electrons. The van der Waals surface area contributed by atoms with E-state index >= 15 is 0 Å². The topological polar surface area (TPSA) is 35.0 Å². The van der Waals surface area contributed by atoms with E-state index in [4.69, 9.17) is 4.74 Å². The highest BCUT2D eigenvalue weighted by Gasteiger charge is 2.20. The summed E-state index contributed by atoms with van der Waals surface area (Å²) < 4.78 is 19.9. The second-order valence-corrected chi connectivity index (χ2v) is 9.18. The Morgan fingerprint density at radius 1 is 0.871 bits per heavy atom. The molecule has 0 bridgehead atoms. The smallest absolute Gasteiger partial charge is 0.165 e. The predicted octanol–water partition coefficient (Wildman–Crippen LogP) is 7.78. The molecule has 0 aliphatic heterocycles. The second-order valence-electron chi connectivity index (χ2n) is 9.18. The van der Waals surface area contributed by atoms with Crippen LogP contribution >= 0.6 is 0 Å². The van der Waals surface area contributed by atoms with Crippen molar-refractivity contribution in [3.63, 3.8) is 0 Å². The van der Waals surface area contributed by atoms with E-state index in [2.05, 4.69) is 24.0 Å². The molecule has 3 rings (SSSR count). The maximum absolute atomic E-state index is 14.4. The molecule has 1 aromatic heterocycles. The molecular weight excluding hydrogens is 387 g/mol. The molecule has 1 heterocycles. The van der Waals surface area contributed by atoms with E-state index in [1.165, 1.54) is 57.4 Å². The van der Waals surface area contributed by atoms with Gasteiger partial charge in [0.25, 0.3) is 0 Å². The normalized spacial score (nSPS) is 18.8. The highest BCUT2D eigenvalue weighted by Crippen LogP contribution is 2.34. The summed E-state index contributed by atoms with van der Waals surface area (Å²) in [6.45, 7) is 4.98. The average Bonchev–Trinajstić information content (AvgIpc) is 2.81. The van der Waals surface area contributed by atoms with Gasteiger partial charge in [-0.05, 0) is 61.4 Å². The van der Waals surface area contributed by atoms with Crippen LogP contribution in [0.2, 0.25) is 0 Å². The van der Waals surface area contributed by atoms with Crippen LogP contribution in [-0.2, 0) is 6.42 Å². The minimum Gasteiger partial charge on any atom is -0.491 e. The number of rotatable bonds is 12. The van der Waals surface area contributed by atoms with Crippen LogP contribution in [0.3, 0.4) is 0 Å². The van der Waals surface area contributed by atoms with Crippen molar-refractivity contribution >= 4 is 0 Å². The standard InChI is InChI=1S/C27H39FN2O/c1-3-5-7-19-31-27-18-14-23(20-25(27)28)26-17-16-24(29-30-26)15-13-22-11-9-21(10-12-22)8-6-4-2/h14,16-18,20-22H,3-13,15,19H2,1-2H3. The molecule has 1 fully saturated rings. The summed E-state index contributed by atoms with van der Waals surface area (Å²) in [6, 6.07) is 9.06. The van der Waals surface area contributed by atoms with Crippen LogP contribution in [0.1, 0.15) is 90.2 Å². The Balaban J connectivity index is 1.46. The van der Waals surface area contributed by atoms with E-state index in [1.807, 2.05) is 18.2 Å². The molecule has 3 nitrogen and oxygen atoms in total. The number of benzene rings is 1. The summed E-state index contributed by atoms with van der Waals surface area (Å²) in [7, 11) is 0. The van der Waals surface area contributed by atoms with E-state index in [9.17, 15) is 4.39 Å². The SMILES string of the molecule is CCCCCOc1ccc(-c2ccc(CCC3CCC(CCCC)CC3)nn2)cc1F. The fourth-order valence-electron chi connectivity index (χ4n) is 4.61. The Labute approximate surface area is 187 Å². The van der Waals surface area contributed by atoms with Gasteiger partial charge in [-0.25, -0.2) is 4.39 Å². The van der Waals surface area contributed by atoms with Crippen molar-refractivity contribution in [3.05, 3.63) is 41.8 Å². The molecule has 1 aliphatic rings. The van der Waals surface area contributed by atoms with Gasteiger partial charge in [0.1, 0.15) is 0 Å². The fourth-order valence-corrected chi connectivity index (χ4v) is 4.61. The third-order valence-electron chi connectivity index (χ3n) is 6.69. The van der Waals surface area contributed by atoms with E-state index in [0.717, 1.165) is 48.8 Å². The number of ether oxygens (including phenoxy) is 1. The first-order valence-corrected chi connectivity index (χ1v) is 12.4. The molecule has 0 amide bonds. The maximum Gasteiger partial charge on any atom is 0.165 e. The molecular formula is C27H39FN2O.